The van der Waals surface area contributed by atoms with E-state index in [4.69, 9.17) is 10.2 Å². The molecule has 0 fully saturated rings. The van der Waals surface area contributed by atoms with Crippen molar-refractivity contribution in [1.29, 1.82) is 0 Å². The zero-order valence-electron chi connectivity index (χ0n) is 4.94. The van der Waals surface area contributed by atoms with Crippen LogP contribution in [0, 0.1) is 0 Å². The quantitative estimate of drug-likeness (QED) is 0.201. The molecule has 0 heterocycles. The first-order valence-corrected chi connectivity index (χ1v) is 2.17. The SMILES string of the molecule is O=C(O)C(=O)OC(=O)C(=O)O.[CaH2].[NaH].[SrH2]. The van der Waals surface area contributed by atoms with E-state index in [9.17, 15) is 19.2 Å². The zero-order valence-corrected chi connectivity index (χ0v) is 4.94. The van der Waals surface area contributed by atoms with E-state index in [0.29, 0.717) is 0 Å². The number of esters is 2. The molecule has 0 atom stereocenters. The van der Waals surface area contributed by atoms with Crippen LogP contribution >= 0.6 is 0 Å². The van der Waals surface area contributed by atoms with E-state index in [0.717, 1.165) is 0 Å². The Kier molecular flexibility index (Phi) is 22.9. The van der Waals surface area contributed by atoms with Crippen LogP contribution in [0.1, 0.15) is 0 Å². The summed E-state index contributed by atoms with van der Waals surface area (Å²) in [5.41, 5.74) is 0. The maximum absolute atomic E-state index is 9.95. The molecule has 0 bridgehead atoms. The normalized spacial score (nSPS) is 6.57. The fourth-order valence-electron chi connectivity index (χ4n) is 0.172. The van der Waals surface area contributed by atoms with Gasteiger partial charge in [0.25, 0.3) is 0 Å². The number of carboxylic acid groups (broad SMARTS) is 2. The van der Waals surface area contributed by atoms with Gasteiger partial charge in [-0.2, -0.15) is 0 Å². The molecule has 7 nitrogen and oxygen atoms in total. The Morgan fingerprint density at radius 2 is 1.07 bits per heavy atom. The summed E-state index contributed by atoms with van der Waals surface area (Å²) in [6.07, 6.45) is 0. The van der Waals surface area contributed by atoms with E-state index < -0.39 is 23.9 Å². The second-order valence-corrected chi connectivity index (χ2v) is 1.29. The number of carboxylic acids is 2. The molecule has 0 saturated carbocycles. The third-order valence-corrected chi connectivity index (χ3v) is 0.535. The van der Waals surface area contributed by atoms with E-state index in [-0.39, 0.29) is 113 Å². The monoisotopic (exact) mass is 318 g/mol. The van der Waals surface area contributed by atoms with Crippen LogP contribution < -0.4 is 0 Å². The number of hydrogen-bond acceptors (Lipinski definition) is 5. The Hall–Kier alpha value is 1.82. The van der Waals surface area contributed by atoms with Crippen molar-refractivity contribution >= 4 is 137 Å². The standard InChI is InChI=1S/C4H2O7.Ca.Na.Sr.5H/c5-1(6)3(9)11-4(10)2(7)8;;;;;;;;/h(H,5,6)(H,7,8);;;;;;;;. The van der Waals surface area contributed by atoms with Gasteiger partial charge in [0.1, 0.15) is 0 Å². The molecule has 0 aromatic carbocycles. The molecular weight excluding hydrogens is 311 g/mol. The van der Waals surface area contributed by atoms with Crippen molar-refractivity contribution in [3.8, 4) is 0 Å². The van der Waals surface area contributed by atoms with Gasteiger partial charge in [-0.3, -0.25) is 0 Å². The van der Waals surface area contributed by atoms with Crippen molar-refractivity contribution in [2.45, 2.75) is 0 Å². The summed E-state index contributed by atoms with van der Waals surface area (Å²) < 4.78 is 3.30. The average Bonchev–Trinajstić information content (AvgIpc) is 1.87. The topological polar surface area (TPSA) is 118 Å². The molecule has 0 spiro atoms. The van der Waals surface area contributed by atoms with Crippen molar-refractivity contribution in [3.63, 3.8) is 0 Å². The number of rotatable bonds is 0. The van der Waals surface area contributed by atoms with E-state index in [1.165, 1.54) is 0 Å². The fourth-order valence-corrected chi connectivity index (χ4v) is 0.172. The number of ether oxygens (including phenoxy) is 1. The molecule has 0 amide bonds. The van der Waals surface area contributed by atoms with E-state index in [2.05, 4.69) is 4.74 Å². The predicted molar refractivity (Wildman–Crippen MR) is 50.6 cm³/mol. The van der Waals surface area contributed by atoms with E-state index >= 15 is 0 Å². The molecule has 0 aromatic rings. The van der Waals surface area contributed by atoms with Gasteiger partial charge in [-0.1, -0.05) is 0 Å². The Labute approximate surface area is 167 Å². The second-order valence-electron chi connectivity index (χ2n) is 1.29. The molecule has 0 saturated heterocycles. The van der Waals surface area contributed by atoms with Gasteiger partial charge in [0.05, 0.1) is 0 Å². The van der Waals surface area contributed by atoms with Crippen LogP contribution in [0.4, 0.5) is 0 Å². The van der Waals surface area contributed by atoms with Crippen LogP contribution in [0.2, 0.25) is 0 Å². The molecule has 0 rings (SSSR count). The Balaban J connectivity index is -0.000000167. The number of hydrogen-bond donors (Lipinski definition) is 2. The van der Waals surface area contributed by atoms with Crippen LogP contribution in [0.3, 0.4) is 0 Å². The molecule has 0 radical (unpaired) electrons. The Morgan fingerprint density at radius 3 is 1.21 bits per heavy atom. The first-order chi connectivity index (χ1) is 4.95. The Bertz CT molecular complexity index is 218. The summed E-state index contributed by atoms with van der Waals surface area (Å²) in [6, 6.07) is 0. The van der Waals surface area contributed by atoms with Crippen LogP contribution in [-0.4, -0.2) is 147 Å². The average molecular weight is 318 g/mol. The van der Waals surface area contributed by atoms with Crippen molar-refractivity contribution in [1.82, 2.24) is 0 Å². The van der Waals surface area contributed by atoms with Gasteiger partial charge in [-0.25, -0.2) is 19.2 Å². The number of aliphatic carboxylic acids is 2. The number of carbonyl (C=O) groups excluding carboxylic acids is 2. The molecule has 0 aliphatic carbocycles. The van der Waals surface area contributed by atoms with Crippen molar-refractivity contribution in [3.05, 3.63) is 0 Å². The molecule has 0 aromatic heterocycles. The summed E-state index contributed by atoms with van der Waals surface area (Å²) in [4.78, 5) is 39.2. The van der Waals surface area contributed by atoms with Gasteiger partial charge in [-0.05, 0) is 0 Å². The summed E-state index contributed by atoms with van der Waals surface area (Å²) in [6.45, 7) is 0. The number of carbonyl (C=O) groups is 4. The van der Waals surface area contributed by atoms with Gasteiger partial charge in [0.15, 0.2) is 0 Å². The second kappa shape index (κ2) is 12.9. The molecule has 10 heteroatoms. The molecule has 0 aliphatic rings. The van der Waals surface area contributed by atoms with E-state index in [1.54, 1.807) is 0 Å². The van der Waals surface area contributed by atoms with Crippen LogP contribution in [0.5, 0.6) is 0 Å². The molecule has 70 valence electrons. The van der Waals surface area contributed by atoms with Crippen LogP contribution in [-0.2, 0) is 23.9 Å². The van der Waals surface area contributed by atoms with Crippen molar-refractivity contribution in [2.24, 2.45) is 0 Å². The molecule has 2 N–H and O–H groups in total. The molecular formula is C4H7CaNaO7Sr. The van der Waals surface area contributed by atoms with Crippen molar-refractivity contribution < 1.29 is 34.1 Å². The van der Waals surface area contributed by atoms with Crippen molar-refractivity contribution in [2.75, 3.05) is 0 Å². The Morgan fingerprint density at radius 1 is 0.857 bits per heavy atom. The molecule has 0 unspecified atom stereocenters. The van der Waals surface area contributed by atoms with Gasteiger partial charge in [-0.15, -0.1) is 0 Å². The summed E-state index contributed by atoms with van der Waals surface area (Å²) in [7, 11) is 0. The van der Waals surface area contributed by atoms with Gasteiger partial charge in [0.2, 0.25) is 0 Å². The first-order valence-electron chi connectivity index (χ1n) is 2.17. The maximum atomic E-state index is 9.95. The summed E-state index contributed by atoms with van der Waals surface area (Å²) >= 11 is 0. The van der Waals surface area contributed by atoms with Crippen LogP contribution in [0.15, 0.2) is 0 Å². The van der Waals surface area contributed by atoms with Gasteiger partial charge in [0, 0.05) is 0 Å². The van der Waals surface area contributed by atoms with Gasteiger partial charge >= 0.3 is 137 Å². The molecule has 14 heavy (non-hydrogen) atoms. The minimum atomic E-state index is -2.03. The zero-order chi connectivity index (χ0) is 9.02. The van der Waals surface area contributed by atoms with E-state index in [1.807, 2.05) is 0 Å². The summed E-state index contributed by atoms with van der Waals surface area (Å²) in [5.74, 6) is -7.89. The van der Waals surface area contributed by atoms with Crippen LogP contribution in [0.25, 0.3) is 0 Å². The predicted octanol–water partition coefficient (Wildman–Crippen LogP) is -4.26. The minimum absolute atomic E-state index is 0. The third-order valence-electron chi connectivity index (χ3n) is 0.535. The summed E-state index contributed by atoms with van der Waals surface area (Å²) in [5, 5.41) is 15.6. The van der Waals surface area contributed by atoms with Gasteiger partial charge < -0.3 is 14.9 Å². The fraction of sp³-hybridized carbons (Fsp3) is 0. The first kappa shape index (κ1) is 24.9. The molecule has 0 aliphatic heterocycles. The third kappa shape index (κ3) is 11.9.